The molecule has 0 aliphatic carbocycles. The minimum atomic E-state index is -0.177. The van der Waals surface area contributed by atoms with E-state index in [0.29, 0.717) is 10.7 Å². The van der Waals surface area contributed by atoms with Crippen molar-refractivity contribution in [2.45, 2.75) is 6.92 Å². The van der Waals surface area contributed by atoms with Gasteiger partial charge in [0.05, 0.1) is 0 Å². The number of aromatic nitrogens is 2. The maximum atomic E-state index is 12.2. The number of benzene rings is 2. The Labute approximate surface area is 138 Å². The van der Waals surface area contributed by atoms with Gasteiger partial charge in [-0.15, -0.1) is 10.2 Å². The van der Waals surface area contributed by atoms with Crippen molar-refractivity contribution in [2.24, 2.45) is 0 Å². The second-order valence-corrected chi connectivity index (χ2v) is 6.02. The standard InChI is InChI=1S/C18H15N3OS/c1-13-6-5-9-15(12-13)17(22)19-18-21-20-16(23-18)11-10-14-7-3-2-4-8-14/h2-12H,1H3,(H,19,21,22). The lowest BCUT2D eigenvalue weighted by Gasteiger charge is -2.01. The molecule has 0 spiro atoms. The quantitative estimate of drug-likeness (QED) is 0.781. The van der Waals surface area contributed by atoms with Gasteiger partial charge in [0, 0.05) is 5.56 Å². The zero-order chi connectivity index (χ0) is 16.1. The van der Waals surface area contributed by atoms with E-state index in [1.54, 1.807) is 6.07 Å². The molecule has 1 aromatic heterocycles. The predicted octanol–water partition coefficient (Wildman–Crippen LogP) is 4.27. The molecule has 5 heteroatoms. The number of hydrogen-bond donors (Lipinski definition) is 1. The highest BCUT2D eigenvalue weighted by Crippen LogP contribution is 2.18. The molecular weight excluding hydrogens is 306 g/mol. The number of carbonyl (C=O) groups excluding carboxylic acids is 1. The molecule has 114 valence electrons. The first kappa shape index (κ1) is 15.1. The van der Waals surface area contributed by atoms with E-state index in [1.807, 2.05) is 67.6 Å². The summed E-state index contributed by atoms with van der Waals surface area (Å²) >= 11 is 1.34. The number of hydrogen-bond acceptors (Lipinski definition) is 4. The van der Waals surface area contributed by atoms with Crippen LogP contribution in [0.25, 0.3) is 12.2 Å². The minimum absolute atomic E-state index is 0.177. The van der Waals surface area contributed by atoms with Crippen LogP contribution in [0.5, 0.6) is 0 Å². The topological polar surface area (TPSA) is 54.9 Å². The first-order valence-corrected chi connectivity index (χ1v) is 7.97. The fraction of sp³-hybridized carbons (Fsp3) is 0.0556. The van der Waals surface area contributed by atoms with Crippen molar-refractivity contribution in [1.29, 1.82) is 0 Å². The summed E-state index contributed by atoms with van der Waals surface area (Å²) in [5.41, 5.74) is 2.75. The van der Waals surface area contributed by atoms with Crippen LogP contribution in [0, 0.1) is 6.92 Å². The van der Waals surface area contributed by atoms with Gasteiger partial charge in [-0.05, 0) is 30.7 Å². The number of nitrogens with one attached hydrogen (secondary N) is 1. The van der Waals surface area contributed by atoms with Crippen molar-refractivity contribution in [3.8, 4) is 0 Å². The van der Waals surface area contributed by atoms with Crippen LogP contribution in [0.15, 0.2) is 54.6 Å². The summed E-state index contributed by atoms with van der Waals surface area (Å²) in [5.74, 6) is -0.177. The largest absolute Gasteiger partial charge is 0.296 e. The van der Waals surface area contributed by atoms with E-state index in [0.717, 1.165) is 16.1 Å². The molecule has 23 heavy (non-hydrogen) atoms. The number of aryl methyl sites for hydroxylation is 1. The molecule has 1 N–H and O–H groups in total. The average Bonchev–Trinajstić information content (AvgIpc) is 3.01. The molecule has 3 rings (SSSR count). The second-order valence-electron chi connectivity index (χ2n) is 5.01. The molecule has 1 amide bonds. The van der Waals surface area contributed by atoms with Gasteiger partial charge >= 0.3 is 0 Å². The molecule has 0 atom stereocenters. The van der Waals surface area contributed by atoms with Crippen LogP contribution in [0.1, 0.15) is 26.5 Å². The predicted molar refractivity (Wildman–Crippen MR) is 94.4 cm³/mol. The molecule has 0 aliphatic heterocycles. The van der Waals surface area contributed by atoms with Gasteiger partial charge in [-0.25, -0.2) is 0 Å². The summed E-state index contributed by atoms with van der Waals surface area (Å²) in [6.45, 7) is 1.95. The summed E-state index contributed by atoms with van der Waals surface area (Å²) in [6.07, 6.45) is 3.85. The Morgan fingerprint density at radius 2 is 1.87 bits per heavy atom. The number of rotatable bonds is 4. The molecule has 0 radical (unpaired) electrons. The fourth-order valence-corrected chi connectivity index (χ4v) is 2.68. The second kappa shape index (κ2) is 6.98. The number of nitrogens with zero attached hydrogens (tertiary/aromatic N) is 2. The summed E-state index contributed by atoms with van der Waals surface area (Å²) in [5, 5.41) is 12.1. The lowest BCUT2D eigenvalue weighted by molar-refractivity contribution is 0.102. The first-order chi connectivity index (χ1) is 11.2. The van der Waals surface area contributed by atoms with Crippen LogP contribution < -0.4 is 5.32 Å². The van der Waals surface area contributed by atoms with Crippen LogP contribution in [0.3, 0.4) is 0 Å². The van der Waals surface area contributed by atoms with E-state index in [4.69, 9.17) is 0 Å². The Balaban J connectivity index is 1.68. The Kier molecular flexibility index (Phi) is 4.59. The number of carbonyl (C=O) groups is 1. The van der Waals surface area contributed by atoms with E-state index in [2.05, 4.69) is 15.5 Å². The minimum Gasteiger partial charge on any atom is -0.296 e. The van der Waals surface area contributed by atoms with Gasteiger partial charge in [0.15, 0.2) is 0 Å². The van der Waals surface area contributed by atoms with Crippen LogP contribution in [0.4, 0.5) is 5.13 Å². The lowest BCUT2D eigenvalue weighted by Crippen LogP contribution is -2.11. The first-order valence-electron chi connectivity index (χ1n) is 7.15. The molecular formula is C18H15N3OS. The van der Waals surface area contributed by atoms with Gasteiger partial charge < -0.3 is 0 Å². The Morgan fingerprint density at radius 1 is 1.04 bits per heavy atom. The SMILES string of the molecule is Cc1cccc(C(=O)Nc2nnc(C=Cc3ccccc3)s2)c1. The van der Waals surface area contributed by atoms with Crippen molar-refractivity contribution >= 4 is 34.5 Å². The van der Waals surface area contributed by atoms with E-state index in [-0.39, 0.29) is 5.91 Å². The van der Waals surface area contributed by atoms with E-state index in [1.165, 1.54) is 11.3 Å². The monoisotopic (exact) mass is 321 g/mol. The van der Waals surface area contributed by atoms with Gasteiger partial charge in [0.1, 0.15) is 5.01 Å². The third kappa shape index (κ3) is 4.11. The smallest absolute Gasteiger partial charge is 0.257 e. The van der Waals surface area contributed by atoms with Gasteiger partial charge in [-0.3, -0.25) is 10.1 Å². The highest BCUT2D eigenvalue weighted by molar-refractivity contribution is 7.16. The van der Waals surface area contributed by atoms with Crippen LogP contribution in [-0.2, 0) is 0 Å². The van der Waals surface area contributed by atoms with Gasteiger partial charge in [0.2, 0.25) is 5.13 Å². The maximum Gasteiger partial charge on any atom is 0.257 e. The molecule has 4 nitrogen and oxygen atoms in total. The molecule has 0 aliphatic rings. The third-order valence-corrected chi connectivity index (χ3v) is 3.96. The Morgan fingerprint density at radius 3 is 2.65 bits per heavy atom. The molecule has 0 unspecified atom stereocenters. The van der Waals surface area contributed by atoms with E-state index in [9.17, 15) is 4.79 Å². The van der Waals surface area contributed by atoms with Crippen molar-refractivity contribution in [2.75, 3.05) is 5.32 Å². The maximum absolute atomic E-state index is 12.2. The van der Waals surface area contributed by atoms with Gasteiger partial charge in [0.25, 0.3) is 5.91 Å². The highest BCUT2D eigenvalue weighted by Gasteiger charge is 2.09. The van der Waals surface area contributed by atoms with E-state index >= 15 is 0 Å². The zero-order valence-corrected chi connectivity index (χ0v) is 13.4. The van der Waals surface area contributed by atoms with Crippen molar-refractivity contribution in [3.63, 3.8) is 0 Å². The van der Waals surface area contributed by atoms with Crippen LogP contribution in [0.2, 0.25) is 0 Å². The molecule has 0 saturated carbocycles. The average molecular weight is 321 g/mol. The summed E-state index contributed by atoms with van der Waals surface area (Å²) in [7, 11) is 0. The number of amides is 1. The Hall–Kier alpha value is -2.79. The highest BCUT2D eigenvalue weighted by atomic mass is 32.1. The van der Waals surface area contributed by atoms with Crippen molar-refractivity contribution in [3.05, 3.63) is 76.3 Å². The molecule has 0 fully saturated rings. The lowest BCUT2D eigenvalue weighted by atomic mass is 10.1. The van der Waals surface area contributed by atoms with Gasteiger partial charge in [-0.2, -0.15) is 0 Å². The van der Waals surface area contributed by atoms with Crippen LogP contribution >= 0.6 is 11.3 Å². The van der Waals surface area contributed by atoms with Crippen molar-refractivity contribution < 1.29 is 4.79 Å². The summed E-state index contributed by atoms with van der Waals surface area (Å²) in [4.78, 5) is 12.2. The molecule has 1 heterocycles. The summed E-state index contributed by atoms with van der Waals surface area (Å²) in [6, 6.07) is 17.4. The number of anilines is 1. The van der Waals surface area contributed by atoms with Crippen molar-refractivity contribution in [1.82, 2.24) is 10.2 Å². The zero-order valence-electron chi connectivity index (χ0n) is 12.6. The molecule has 0 bridgehead atoms. The fourth-order valence-electron chi connectivity index (χ4n) is 2.04. The van der Waals surface area contributed by atoms with Crippen LogP contribution in [-0.4, -0.2) is 16.1 Å². The Bertz CT molecular complexity index is 840. The van der Waals surface area contributed by atoms with E-state index < -0.39 is 0 Å². The third-order valence-electron chi connectivity index (χ3n) is 3.16. The molecule has 2 aromatic carbocycles. The molecule has 0 saturated heterocycles. The summed E-state index contributed by atoms with van der Waals surface area (Å²) < 4.78 is 0. The molecule has 3 aromatic rings. The normalized spacial score (nSPS) is 10.8. The van der Waals surface area contributed by atoms with Gasteiger partial charge in [-0.1, -0.05) is 65.4 Å².